The number of rotatable bonds is 6. The van der Waals surface area contributed by atoms with Gasteiger partial charge < -0.3 is 14.2 Å². The van der Waals surface area contributed by atoms with E-state index in [4.69, 9.17) is 4.74 Å². The fraction of sp³-hybridized carbons (Fsp3) is 0.474. The van der Waals surface area contributed by atoms with Crippen LogP contribution in [0.4, 0.5) is 0 Å². The van der Waals surface area contributed by atoms with E-state index in [2.05, 4.69) is 9.88 Å². The summed E-state index contributed by atoms with van der Waals surface area (Å²) in [6, 6.07) is 7.90. The van der Waals surface area contributed by atoms with E-state index in [1.54, 1.807) is 7.11 Å². The molecule has 0 unspecified atom stereocenters. The quantitative estimate of drug-likeness (QED) is 0.802. The third-order valence-corrected chi connectivity index (χ3v) is 4.81. The van der Waals surface area contributed by atoms with Gasteiger partial charge in [-0.25, -0.2) is 4.98 Å². The van der Waals surface area contributed by atoms with Gasteiger partial charge in [0.15, 0.2) is 0 Å². The Kier molecular flexibility index (Phi) is 5.71. The number of hydrogen-bond donors (Lipinski definition) is 0. The minimum atomic E-state index is 0.225. The predicted molar refractivity (Wildman–Crippen MR) is 96.4 cm³/mol. The molecule has 1 saturated heterocycles. The summed E-state index contributed by atoms with van der Waals surface area (Å²) in [6.45, 7) is 4.21. The average molecular weight is 342 g/mol. The molecule has 0 radical (unpaired) electrons. The lowest BCUT2D eigenvalue weighted by Crippen LogP contribution is -2.48. The molecule has 2 aromatic rings. The van der Waals surface area contributed by atoms with E-state index in [0.29, 0.717) is 6.42 Å². The second-order valence-electron chi connectivity index (χ2n) is 6.42. The van der Waals surface area contributed by atoms with Crippen molar-refractivity contribution in [2.24, 2.45) is 7.05 Å². The fourth-order valence-electron chi connectivity index (χ4n) is 3.21. The van der Waals surface area contributed by atoms with Crippen molar-refractivity contribution >= 4 is 5.91 Å². The van der Waals surface area contributed by atoms with Gasteiger partial charge in [0, 0.05) is 52.0 Å². The monoisotopic (exact) mass is 342 g/mol. The van der Waals surface area contributed by atoms with Crippen molar-refractivity contribution < 1.29 is 9.53 Å². The van der Waals surface area contributed by atoms with Crippen LogP contribution in [0.15, 0.2) is 36.7 Å². The number of aryl methyl sites for hydroxylation is 2. The average Bonchev–Trinajstić information content (AvgIpc) is 3.05. The number of imidazole rings is 1. The molecule has 6 nitrogen and oxygen atoms in total. The normalized spacial score (nSPS) is 15.4. The first-order valence-corrected chi connectivity index (χ1v) is 8.75. The highest BCUT2D eigenvalue weighted by molar-refractivity contribution is 5.76. The maximum atomic E-state index is 12.5. The Morgan fingerprint density at radius 1 is 1.20 bits per heavy atom. The van der Waals surface area contributed by atoms with Crippen LogP contribution in [-0.2, 0) is 24.8 Å². The first kappa shape index (κ1) is 17.5. The highest BCUT2D eigenvalue weighted by Crippen LogP contribution is 2.19. The topological polar surface area (TPSA) is 50.6 Å². The molecule has 0 aliphatic carbocycles. The second kappa shape index (κ2) is 8.16. The first-order valence-electron chi connectivity index (χ1n) is 8.75. The van der Waals surface area contributed by atoms with Crippen LogP contribution in [0.1, 0.15) is 17.8 Å². The molecule has 1 aliphatic rings. The molecule has 0 spiro atoms. The van der Waals surface area contributed by atoms with Crippen molar-refractivity contribution in [1.29, 1.82) is 0 Å². The summed E-state index contributed by atoms with van der Waals surface area (Å²) in [5.74, 6) is 2.15. The van der Waals surface area contributed by atoms with Crippen LogP contribution in [0.3, 0.4) is 0 Å². The van der Waals surface area contributed by atoms with E-state index >= 15 is 0 Å². The molecule has 1 aliphatic heterocycles. The molecular weight excluding hydrogens is 316 g/mol. The van der Waals surface area contributed by atoms with Crippen LogP contribution < -0.4 is 4.74 Å². The van der Waals surface area contributed by atoms with E-state index in [1.165, 1.54) is 0 Å². The van der Waals surface area contributed by atoms with E-state index in [-0.39, 0.29) is 5.91 Å². The number of ether oxygens (including phenoxy) is 1. The van der Waals surface area contributed by atoms with Gasteiger partial charge in [0.25, 0.3) is 0 Å². The Morgan fingerprint density at radius 3 is 2.64 bits per heavy atom. The van der Waals surface area contributed by atoms with E-state index in [9.17, 15) is 4.79 Å². The summed E-state index contributed by atoms with van der Waals surface area (Å²) >= 11 is 0. The van der Waals surface area contributed by atoms with Gasteiger partial charge in [0.2, 0.25) is 5.91 Å². The Labute approximate surface area is 149 Å². The van der Waals surface area contributed by atoms with Crippen LogP contribution in [0, 0.1) is 0 Å². The number of aromatic nitrogens is 2. The third-order valence-electron chi connectivity index (χ3n) is 4.81. The van der Waals surface area contributed by atoms with Crippen molar-refractivity contribution in [3.8, 4) is 5.75 Å². The number of benzene rings is 1. The van der Waals surface area contributed by atoms with Crippen molar-refractivity contribution in [2.45, 2.75) is 19.4 Å². The number of hydrogen-bond acceptors (Lipinski definition) is 4. The number of methoxy groups -OCH3 is 1. The Hall–Kier alpha value is -2.34. The molecule has 1 fully saturated rings. The summed E-state index contributed by atoms with van der Waals surface area (Å²) < 4.78 is 7.40. The molecule has 2 heterocycles. The van der Waals surface area contributed by atoms with Crippen molar-refractivity contribution in [2.75, 3.05) is 33.3 Å². The lowest BCUT2D eigenvalue weighted by atomic mass is 10.1. The maximum Gasteiger partial charge on any atom is 0.222 e. The fourth-order valence-corrected chi connectivity index (χ4v) is 3.21. The summed E-state index contributed by atoms with van der Waals surface area (Å²) in [6.07, 6.45) is 5.04. The number of nitrogens with zero attached hydrogens (tertiary/aromatic N) is 4. The Bertz CT molecular complexity index is 705. The predicted octanol–water partition coefficient (Wildman–Crippen LogP) is 1.71. The highest BCUT2D eigenvalue weighted by Gasteiger charge is 2.21. The van der Waals surface area contributed by atoms with Gasteiger partial charge in [-0.1, -0.05) is 18.2 Å². The molecule has 134 valence electrons. The third kappa shape index (κ3) is 4.39. The SMILES string of the molecule is COc1ccccc1CCC(=O)N1CCN(Cc2nccn2C)CC1. The molecule has 25 heavy (non-hydrogen) atoms. The zero-order valence-corrected chi connectivity index (χ0v) is 15.0. The minimum absolute atomic E-state index is 0.225. The molecule has 0 bridgehead atoms. The van der Waals surface area contributed by atoms with Crippen LogP contribution in [0.2, 0.25) is 0 Å². The van der Waals surface area contributed by atoms with Gasteiger partial charge in [0.1, 0.15) is 11.6 Å². The summed E-state index contributed by atoms with van der Waals surface area (Å²) in [5, 5.41) is 0. The number of amides is 1. The zero-order valence-electron chi connectivity index (χ0n) is 15.0. The van der Waals surface area contributed by atoms with Gasteiger partial charge in [-0.05, 0) is 18.1 Å². The van der Waals surface area contributed by atoms with Gasteiger partial charge >= 0.3 is 0 Å². The summed E-state index contributed by atoms with van der Waals surface area (Å²) in [4.78, 5) is 21.2. The molecule has 0 saturated carbocycles. The van der Waals surface area contributed by atoms with Crippen molar-refractivity contribution in [1.82, 2.24) is 19.4 Å². The Balaban J connectivity index is 1.46. The first-order chi connectivity index (χ1) is 12.2. The van der Waals surface area contributed by atoms with E-state index in [0.717, 1.165) is 56.3 Å². The molecule has 1 amide bonds. The minimum Gasteiger partial charge on any atom is -0.496 e. The standard InChI is InChI=1S/C19H26N4O2/c1-21-10-9-20-18(21)15-22-11-13-23(14-12-22)19(24)8-7-16-5-3-4-6-17(16)25-2/h3-6,9-10H,7-8,11-15H2,1-2H3. The van der Waals surface area contributed by atoms with Gasteiger partial charge in [0.05, 0.1) is 13.7 Å². The largest absolute Gasteiger partial charge is 0.496 e. The van der Waals surface area contributed by atoms with Crippen LogP contribution in [0.5, 0.6) is 5.75 Å². The maximum absolute atomic E-state index is 12.5. The van der Waals surface area contributed by atoms with E-state index < -0.39 is 0 Å². The Morgan fingerprint density at radius 2 is 1.96 bits per heavy atom. The van der Waals surface area contributed by atoms with Gasteiger partial charge in [-0.3, -0.25) is 9.69 Å². The number of piperazine rings is 1. The summed E-state index contributed by atoms with van der Waals surface area (Å²) in [5.41, 5.74) is 1.09. The van der Waals surface area contributed by atoms with Crippen LogP contribution in [0.25, 0.3) is 0 Å². The second-order valence-corrected chi connectivity index (χ2v) is 6.42. The van der Waals surface area contributed by atoms with Crippen LogP contribution in [-0.4, -0.2) is 58.5 Å². The van der Waals surface area contributed by atoms with E-state index in [1.807, 2.05) is 53.2 Å². The number of para-hydroxylation sites is 1. The molecule has 6 heteroatoms. The van der Waals surface area contributed by atoms with Crippen LogP contribution >= 0.6 is 0 Å². The molecule has 0 atom stereocenters. The van der Waals surface area contributed by atoms with Gasteiger partial charge in [-0.2, -0.15) is 0 Å². The number of carbonyl (C=O) groups is 1. The summed E-state index contributed by atoms with van der Waals surface area (Å²) in [7, 11) is 3.68. The molecule has 1 aromatic carbocycles. The molecule has 1 aromatic heterocycles. The molecule has 0 N–H and O–H groups in total. The van der Waals surface area contributed by atoms with Crippen molar-refractivity contribution in [3.05, 3.63) is 48.0 Å². The lowest BCUT2D eigenvalue weighted by molar-refractivity contribution is -0.133. The smallest absolute Gasteiger partial charge is 0.222 e. The zero-order chi connectivity index (χ0) is 17.6. The molecule has 3 rings (SSSR count). The van der Waals surface area contributed by atoms with Crippen molar-refractivity contribution in [3.63, 3.8) is 0 Å². The molecular formula is C19H26N4O2. The highest BCUT2D eigenvalue weighted by atomic mass is 16.5. The number of carbonyl (C=O) groups excluding carboxylic acids is 1. The lowest BCUT2D eigenvalue weighted by Gasteiger charge is -2.34. The van der Waals surface area contributed by atoms with Gasteiger partial charge in [-0.15, -0.1) is 0 Å².